The molecule has 1 aromatic carbocycles. The molecule has 45 heavy (non-hydrogen) atoms. The predicted molar refractivity (Wildman–Crippen MR) is 170 cm³/mol. The minimum Gasteiger partial charge on any atom is -0.465 e. The molecule has 2 saturated heterocycles. The maximum atomic E-state index is 13.8. The van der Waals surface area contributed by atoms with Crippen LogP contribution in [0, 0.1) is 0 Å². The largest absolute Gasteiger partial charge is 0.465 e. The molecular formula is C31H44N5O8P. The van der Waals surface area contributed by atoms with Gasteiger partial charge in [0, 0.05) is 57.6 Å². The van der Waals surface area contributed by atoms with Gasteiger partial charge in [0.15, 0.2) is 0 Å². The smallest absolute Gasteiger partial charge is 0.407 e. The SMILES string of the molecule is CCOP(=O)(CCC[C@H](NC(=O)c1cc(N2CC[C@H](OC)C2)cc(-c2ccccc2)n1)C(=O)N1CCN(C(=O)O)CC1)OCC. The van der Waals surface area contributed by atoms with Crippen LogP contribution in [0.4, 0.5) is 10.5 Å². The summed E-state index contributed by atoms with van der Waals surface area (Å²) in [6, 6.07) is 12.3. The first-order chi connectivity index (χ1) is 21.7. The minimum atomic E-state index is -3.35. The molecule has 2 atom stereocenters. The Morgan fingerprint density at radius 3 is 2.29 bits per heavy atom. The molecule has 1 aromatic heterocycles. The van der Waals surface area contributed by atoms with Crippen LogP contribution in [0.1, 0.15) is 43.6 Å². The summed E-state index contributed by atoms with van der Waals surface area (Å²) in [5, 5.41) is 12.2. The van der Waals surface area contributed by atoms with E-state index in [0.717, 1.165) is 24.2 Å². The number of nitrogens with zero attached hydrogens (tertiary/aromatic N) is 4. The van der Waals surface area contributed by atoms with Gasteiger partial charge in [-0.05, 0) is 45.2 Å². The lowest BCUT2D eigenvalue weighted by Crippen LogP contribution is -2.55. The van der Waals surface area contributed by atoms with E-state index < -0.39 is 25.6 Å². The van der Waals surface area contributed by atoms with Crippen molar-refractivity contribution >= 4 is 31.2 Å². The van der Waals surface area contributed by atoms with Crippen LogP contribution in [0.25, 0.3) is 11.3 Å². The number of aromatic nitrogens is 1. The summed E-state index contributed by atoms with van der Waals surface area (Å²) in [7, 11) is -1.66. The first-order valence-corrected chi connectivity index (χ1v) is 17.2. The van der Waals surface area contributed by atoms with Crippen LogP contribution in [-0.2, 0) is 23.1 Å². The molecule has 4 rings (SSSR count). The van der Waals surface area contributed by atoms with Gasteiger partial charge in [0.1, 0.15) is 11.7 Å². The maximum absolute atomic E-state index is 13.8. The molecule has 14 heteroatoms. The van der Waals surface area contributed by atoms with Crippen LogP contribution in [0.3, 0.4) is 0 Å². The van der Waals surface area contributed by atoms with Gasteiger partial charge in [-0.25, -0.2) is 9.78 Å². The van der Waals surface area contributed by atoms with Gasteiger partial charge in [0.25, 0.3) is 5.91 Å². The number of amides is 3. The summed E-state index contributed by atoms with van der Waals surface area (Å²) < 4.78 is 29.5. The quantitative estimate of drug-likeness (QED) is 0.289. The fraction of sp³-hybridized carbons (Fsp3) is 0.548. The molecule has 2 aliphatic rings. The van der Waals surface area contributed by atoms with E-state index in [1.165, 1.54) is 4.90 Å². The molecule has 246 valence electrons. The Bertz CT molecular complexity index is 1340. The average Bonchev–Trinajstić information content (AvgIpc) is 3.54. The molecule has 3 amide bonds. The number of anilines is 1. The van der Waals surface area contributed by atoms with E-state index >= 15 is 0 Å². The molecule has 2 N–H and O–H groups in total. The number of carbonyl (C=O) groups is 3. The van der Waals surface area contributed by atoms with Crippen LogP contribution in [0.2, 0.25) is 0 Å². The Morgan fingerprint density at radius 2 is 1.69 bits per heavy atom. The monoisotopic (exact) mass is 645 g/mol. The average molecular weight is 646 g/mol. The Morgan fingerprint density at radius 1 is 1.02 bits per heavy atom. The van der Waals surface area contributed by atoms with Crippen molar-refractivity contribution in [3.63, 3.8) is 0 Å². The Hall–Kier alpha value is -3.51. The third kappa shape index (κ3) is 9.26. The van der Waals surface area contributed by atoms with Crippen molar-refractivity contribution in [2.24, 2.45) is 0 Å². The zero-order valence-corrected chi connectivity index (χ0v) is 27.1. The van der Waals surface area contributed by atoms with Gasteiger partial charge in [-0.3, -0.25) is 14.2 Å². The van der Waals surface area contributed by atoms with Crippen LogP contribution in [-0.4, -0.2) is 116 Å². The molecule has 0 aliphatic carbocycles. The van der Waals surface area contributed by atoms with Crippen LogP contribution < -0.4 is 10.2 Å². The molecule has 2 aromatic rings. The first-order valence-electron chi connectivity index (χ1n) is 15.5. The van der Waals surface area contributed by atoms with Gasteiger partial charge in [-0.2, -0.15) is 0 Å². The summed E-state index contributed by atoms with van der Waals surface area (Å²) >= 11 is 0. The van der Waals surface area contributed by atoms with Crippen molar-refractivity contribution in [2.45, 2.75) is 45.3 Å². The van der Waals surface area contributed by atoms with Gasteiger partial charge in [-0.1, -0.05) is 30.3 Å². The Balaban J connectivity index is 1.58. The number of hydrogen-bond donors (Lipinski definition) is 2. The Kier molecular flexibility index (Phi) is 12.3. The number of carboxylic acid groups (broad SMARTS) is 1. The highest BCUT2D eigenvalue weighted by Gasteiger charge is 2.32. The molecular weight excluding hydrogens is 601 g/mol. The van der Waals surface area contributed by atoms with Crippen LogP contribution >= 0.6 is 7.60 Å². The van der Waals surface area contributed by atoms with Crippen molar-refractivity contribution in [3.05, 3.63) is 48.2 Å². The van der Waals surface area contributed by atoms with E-state index in [1.54, 1.807) is 31.9 Å². The molecule has 3 heterocycles. The van der Waals surface area contributed by atoms with E-state index in [0.29, 0.717) is 12.2 Å². The van der Waals surface area contributed by atoms with Crippen LogP contribution in [0.15, 0.2) is 42.5 Å². The second kappa shape index (κ2) is 16.2. The standard InChI is InChI=1S/C31H44N5O8P/c1-4-43-45(41,44-5-2)19-9-12-26(30(38)34-15-17-35(18-16-34)31(39)40)33-29(37)28-21-24(36-14-13-25(22-36)42-3)20-27(32-28)23-10-7-6-8-11-23/h6-8,10-11,20-21,25-26H,4-5,9,12-19,22H2,1-3H3,(H,33,37)(H,39,40)/t25-,26-/m0/s1. The minimum absolute atomic E-state index is 0.0860. The maximum Gasteiger partial charge on any atom is 0.407 e. The molecule has 0 bridgehead atoms. The molecule has 13 nitrogen and oxygen atoms in total. The number of ether oxygens (including phenoxy) is 1. The van der Waals surface area contributed by atoms with Crippen molar-refractivity contribution in [1.29, 1.82) is 0 Å². The van der Waals surface area contributed by atoms with Gasteiger partial charge in [0.05, 0.1) is 31.2 Å². The fourth-order valence-corrected chi connectivity index (χ4v) is 7.29. The number of benzene rings is 1. The summed E-state index contributed by atoms with van der Waals surface area (Å²) in [6.45, 7) is 6.11. The number of carbonyl (C=O) groups excluding carboxylic acids is 2. The molecule has 0 unspecified atom stereocenters. The molecule has 0 saturated carbocycles. The lowest BCUT2D eigenvalue weighted by Gasteiger charge is -2.35. The first kappa shape index (κ1) is 34.4. The van der Waals surface area contributed by atoms with E-state index in [4.69, 9.17) is 13.8 Å². The molecule has 0 radical (unpaired) electrons. The number of piperazine rings is 1. The fourth-order valence-electron chi connectivity index (χ4n) is 5.60. The second-order valence-corrected chi connectivity index (χ2v) is 13.2. The molecule has 2 aliphatic heterocycles. The summed E-state index contributed by atoms with van der Waals surface area (Å²) in [5.74, 6) is -0.852. The van der Waals surface area contributed by atoms with Gasteiger partial charge < -0.3 is 38.9 Å². The normalized spacial score (nSPS) is 17.8. The van der Waals surface area contributed by atoms with E-state index in [2.05, 4.69) is 15.2 Å². The third-order valence-corrected chi connectivity index (χ3v) is 10.2. The Labute approximate surface area is 264 Å². The van der Waals surface area contributed by atoms with E-state index in [1.807, 2.05) is 36.4 Å². The second-order valence-electron chi connectivity index (χ2n) is 11.0. The number of rotatable bonds is 14. The van der Waals surface area contributed by atoms with Gasteiger partial charge in [-0.15, -0.1) is 0 Å². The third-order valence-electron chi connectivity index (χ3n) is 8.00. The highest BCUT2D eigenvalue weighted by Crippen LogP contribution is 2.48. The number of methoxy groups -OCH3 is 1. The van der Waals surface area contributed by atoms with Crippen molar-refractivity contribution in [1.82, 2.24) is 20.1 Å². The van der Waals surface area contributed by atoms with Crippen LogP contribution in [0.5, 0.6) is 0 Å². The lowest BCUT2D eigenvalue weighted by atomic mass is 10.1. The van der Waals surface area contributed by atoms with Crippen molar-refractivity contribution in [2.75, 3.05) is 70.7 Å². The zero-order valence-electron chi connectivity index (χ0n) is 26.2. The van der Waals surface area contributed by atoms with Crippen molar-refractivity contribution in [3.8, 4) is 11.3 Å². The van der Waals surface area contributed by atoms with Gasteiger partial charge in [0.2, 0.25) is 5.91 Å². The molecule has 2 fully saturated rings. The number of nitrogens with one attached hydrogen (secondary N) is 1. The zero-order chi connectivity index (χ0) is 32.4. The molecule has 0 spiro atoms. The van der Waals surface area contributed by atoms with Crippen molar-refractivity contribution < 1.29 is 37.8 Å². The topological polar surface area (TPSA) is 151 Å². The highest BCUT2D eigenvalue weighted by atomic mass is 31.2. The van der Waals surface area contributed by atoms with Gasteiger partial charge >= 0.3 is 13.7 Å². The summed E-state index contributed by atoms with van der Waals surface area (Å²) in [5.41, 5.74) is 2.47. The predicted octanol–water partition coefficient (Wildman–Crippen LogP) is 3.94. The summed E-state index contributed by atoms with van der Waals surface area (Å²) in [6.07, 6.45) is 0.467. The van der Waals surface area contributed by atoms with E-state index in [9.17, 15) is 24.1 Å². The number of pyridine rings is 1. The lowest BCUT2D eigenvalue weighted by molar-refractivity contribution is -0.135. The van der Waals surface area contributed by atoms with E-state index in [-0.39, 0.29) is 76.1 Å². The summed E-state index contributed by atoms with van der Waals surface area (Å²) in [4.78, 5) is 48.6. The highest BCUT2D eigenvalue weighted by molar-refractivity contribution is 7.53. The number of hydrogen-bond acceptors (Lipinski definition) is 9.